The normalized spacial score (nSPS) is 22.2. The van der Waals surface area contributed by atoms with Crippen LogP contribution in [-0.4, -0.2) is 32.6 Å². The molecule has 0 spiro atoms. The molecule has 20 heavy (non-hydrogen) atoms. The lowest BCUT2D eigenvalue weighted by Gasteiger charge is -2.36. The van der Waals surface area contributed by atoms with Gasteiger partial charge in [-0.15, -0.1) is 0 Å². The Bertz CT molecular complexity index is 364. The second-order valence-corrected chi connectivity index (χ2v) is 7.65. The van der Waals surface area contributed by atoms with Crippen molar-refractivity contribution >= 4 is 13.6 Å². The van der Waals surface area contributed by atoms with Crippen LogP contribution in [0.2, 0.25) is 0 Å². The van der Waals surface area contributed by atoms with E-state index in [2.05, 4.69) is 0 Å². The van der Waals surface area contributed by atoms with Crippen LogP contribution >= 0.6 is 7.60 Å². The molecule has 1 saturated carbocycles. The Morgan fingerprint density at radius 3 is 2.25 bits per heavy atom. The molecule has 0 heterocycles. The third-order valence-corrected chi connectivity index (χ3v) is 6.06. The molecule has 1 rings (SSSR count). The highest BCUT2D eigenvalue weighted by Crippen LogP contribution is 2.51. The van der Waals surface area contributed by atoms with Gasteiger partial charge in [-0.05, 0) is 24.7 Å². The van der Waals surface area contributed by atoms with Crippen LogP contribution in [0.15, 0.2) is 0 Å². The second-order valence-electron chi connectivity index (χ2n) is 5.81. The van der Waals surface area contributed by atoms with Gasteiger partial charge in [0.05, 0.1) is 5.66 Å². The van der Waals surface area contributed by atoms with Crippen molar-refractivity contribution in [1.82, 2.24) is 0 Å². The first-order chi connectivity index (χ1) is 9.27. The van der Waals surface area contributed by atoms with Gasteiger partial charge in [0.25, 0.3) is 0 Å². The van der Waals surface area contributed by atoms with Gasteiger partial charge in [0.15, 0.2) is 0 Å². The predicted octanol–water partition coefficient (Wildman–Crippen LogP) is 1.94. The molecule has 3 unspecified atom stereocenters. The first-order valence-electron chi connectivity index (χ1n) is 7.31. The van der Waals surface area contributed by atoms with Crippen LogP contribution in [0.5, 0.6) is 0 Å². The molecule has 5 N–H and O–H groups in total. The number of nitrogens with two attached hydrogens (primary N) is 1. The quantitative estimate of drug-likeness (QED) is 0.533. The highest BCUT2D eigenvalue weighted by molar-refractivity contribution is 7.52. The lowest BCUT2D eigenvalue weighted by atomic mass is 9.75. The van der Waals surface area contributed by atoms with E-state index >= 15 is 0 Å². The third kappa shape index (κ3) is 4.85. The minimum Gasteiger partial charge on any atom is -0.480 e. The molecule has 0 radical (unpaired) electrons. The molecule has 0 bridgehead atoms. The van der Waals surface area contributed by atoms with Crippen LogP contribution in [0, 0.1) is 11.8 Å². The fraction of sp³-hybridized carbons (Fsp3) is 0.923. The Hall–Kier alpha value is -0.420. The van der Waals surface area contributed by atoms with Crippen LogP contribution in [0.25, 0.3) is 0 Å². The Balaban J connectivity index is 2.92. The molecule has 1 fully saturated rings. The van der Waals surface area contributed by atoms with Crippen molar-refractivity contribution in [3.63, 3.8) is 0 Å². The fourth-order valence-corrected chi connectivity index (χ4v) is 4.75. The zero-order chi connectivity index (χ0) is 15.3. The van der Waals surface area contributed by atoms with E-state index in [1.807, 2.05) is 0 Å². The molecule has 1 aliphatic carbocycles. The van der Waals surface area contributed by atoms with Crippen LogP contribution in [0.4, 0.5) is 0 Å². The van der Waals surface area contributed by atoms with Gasteiger partial charge >= 0.3 is 13.6 Å². The molecule has 0 aromatic rings. The van der Waals surface area contributed by atoms with E-state index in [1.54, 1.807) is 6.92 Å². The number of hydrogen-bond acceptors (Lipinski definition) is 3. The summed E-state index contributed by atoms with van der Waals surface area (Å²) in [5.74, 6) is -1.25. The minimum absolute atomic E-state index is 0.142. The highest BCUT2D eigenvalue weighted by Gasteiger charge is 2.40. The van der Waals surface area contributed by atoms with E-state index in [9.17, 15) is 19.1 Å². The number of rotatable bonds is 7. The SMILES string of the molecule is CCC(C(CC(N)C(=O)O)C1CCCCC1)P(=O)(O)O. The van der Waals surface area contributed by atoms with Crippen LogP contribution in [-0.2, 0) is 9.36 Å². The molecule has 0 aliphatic heterocycles. The van der Waals surface area contributed by atoms with E-state index < -0.39 is 25.3 Å². The van der Waals surface area contributed by atoms with E-state index in [0.29, 0.717) is 6.42 Å². The van der Waals surface area contributed by atoms with Gasteiger partial charge in [-0.1, -0.05) is 39.0 Å². The first-order valence-corrected chi connectivity index (χ1v) is 8.99. The molecular formula is C13H26NO5P. The van der Waals surface area contributed by atoms with Gasteiger partial charge in [0, 0.05) is 0 Å². The lowest BCUT2D eigenvalue weighted by molar-refractivity contribution is -0.139. The molecule has 1 aliphatic rings. The van der Waals surface area contributed by atoms with Crippen molar-refractivity contribution in [2.45, 2.75) is 63.6 Å². The lowest BCUT2D eigenvalue weighted by Crippen LogP contribution is -2.39. The van der Waals surface area contributed by atoms with Gasteiger partial charge < -0.3 is 20.6 Å². The van der Waals surface area contributed by atoms with Crippen molar-refractivity contribution in [2.75, 3.05) is 0 Å². The maximum absolute atomic E-state index is 11.7. The third-order valence-electron chi connectivity index (χ3n) is 4.44. The summed E-state index contributed by atoms with van der Waals surface area (Å²) >= 11 is 0. The van der Waals surface area contributed by atoms with Crippen molar-refractivity contribution in [3.05, 3.63) is 0 Å². The summed E-state index contributed by atoms with van der Waals surface area (Å²) in [6, 6.07) is -1.05. The van der Waals surface area contributed by atoms with Crippen molar-refractivity contribution < 1.29 is 24.3 Å². The number of carbonyl (C=O) groups is 1. The zero-order valence-electron chi connectivity index (χ0n) is 11.9. The topological polar surface area (TPSA) is 121 Å². The smallest absolute Gasteiger partial charge is 0.328 e. The average Bonchev–Trinajstić information content (AvgIpc) is 2.37. The molecule has 118 valence electrons. The first kappa shape index (κ1) is 17.6. The zero-order valence-corrected chi connectivity index (χ0v) is 12.8. The predicted molar refractivity (Wildman–Crippen MR) is 76.4 cm³/mol. The summed E-state index contributed by atoms with van der Waals surface area (Å²) in [6.45, 7) is 1.74. The van der Waals surface area contributed by atoms with Gasteiger partial charge in [-0.2, -0.15) is 0 Å². The summed E-state index contributed by atoms with van der Waals surface area (Å²) in [7, 11) is -4.23. The van der Waals surface area contributed by atoms with Crippen LogP contribution in [0.1, 0.15) is 51.9 Å². The summed E-state index contributed by atoms with van der Waals surface area (Å²) in [4.78, 5) is 30.1. The maximum Gasteiger partial charge on any atom is 0.328 e. The number of hydrogen-bond donors (Lipinski definition) is 4. The monoisotopic (exact) mass is 307 g/mol. The Labute approximate surface area is 119 Å². The number of carboxylic acids is 1. The molecular weight excluding hydrogens is 281 g/mol. The van der Waals surface area contributed by atoms with Crippen LogP contribution < -0.4 is 5.73 Å². The maximum atomic E-state index is 11.7. The van der Waals surface area contributed by atoms with Gasteiger partial charge in [0.2, 0.25) is 0 Å². The molecule has 0 amide bonds. The minimum atomic E-state index is -4.23. The highest BCUT2D eigenvalue weighted by atomic mass is 31.2. The summed E-state index contributed by atoms with van der Waals surface area (Å²) in [6.07, 6.45) is 5.53. The Morgan fingerprint density at radius 1 is 1.30 bits per heavy atom. The molecule has 0 saturated heterocycles. The van der Waals surface area contributed by atoms with Crippen LogP contribution in [0.3, 0.4) is 0 Å². The molecule has 7 heteroatoms. The second kappa shape index (κ2) is 7.55. The van der Waals surface area contributed by atoms with Crippen molar-refractivity contribution in [1.29, 1.82) is 0 Å². The molecule has 0 aromatic carbocycles. The summed E-state index contributed by atoms with van der Waals surface area (Å²) in [5, 5.41) is 8.97. The van der Waals surface area contributed by atoms with Gasteiger partial charge in [-0.25, -0.2) is 0 Å². The summed E-state index contributed by atoms with van der Waals surface area (Å²) in [5.41, 5.74) is 4.83. The number of carboxylic acid groups (broad SMARTS) is 1. The van der Waals surface area contributed by atoms with Gasteiger partial charge in [0.1, 0.15) is 6.04 Å². The summed E-state index contributed by atoms with van der Waals surface area (Å²) < 4.78 is 11.7. The fourth-order valence-electron chi connectivity index (χ4n) is 3.41. The average molecular weight is 307 g/mol. The number of aliphatic carboxylic acids is 1. The Kier molecular flexibility index (Phi) is 6.65. The van der Waals surface area contributed by atoms with E-state index in [-0.39, 0.29) is 18.3 Å². The molecule has 3 atom stereocenters. The molecule has 6 nitrogen and oxygen atoms in total. The van der Waals surface area contributed by atoms with Crippen molar-refractivity contribution in [3.8, 4) is 0 Å². The van der Waals surface area contributed by atoms with E-state index in [0.717, 1.165) is 32.1 Å². The van der Waals surface area contributed by atoms with Gasteiger partial charge in [-0.3, -0.25) is 9.36 Å². The van der Waals surface area contributed by atoms with E-state index in [4.69, 9.17) is 10.8 Å². The Morgan fingerprint density at radius 2 is 1.85 bits per heavy atom. The standard InChI is InChI=1S/C13H26NO5P/c1-2-12(20(17,18)19)10(8-11(14)13(15)16)9-6-4-3-5-7-9/h9-12H,2-8,14H2,1H3,(H,15,16)(H2,17,18,19). The largest absolute Gasteiger partial charge is 0.480 e. The van der Waals surface area contributed by atoms with E-state index in [1.165, 1.54) is 0 Å². The van der Waals surface area contributed by atoms with Crippen molar-refractivity contribution in [2.24, 2.45) is 17.6 Å². The molecule has 0 aromatic heterocycles.